The van der Waals surface area contributed by atoms with Crippen molar-refractivity contribution < 1.29 is 19.1 Å². The van der Waals surface area contributed by atoms with Crippen molar-refractivity contribution in [2.75, 3.05) is 20.0 Å². The number of carbonyl (C=O) groups is 2. The Labute approximate surface area is 198 Å². The Hall–Kier alpha value is -3.01. The average Bonchev–Trinajstić information content (AvgIpc) is 3.19. The fourth-order valence-corrected chi connectivity index (χ4v) is 4.37. The van der Waals surface area contributed by atoms with E-state index in [0.717, 1.165) is 18.4 Å². The van der Waals surface area contributed by atoms with E-state index in [1.807, 2.05) is 13.1 Å². The van der Waals surface area contributed by atoms with Gasteiger partial charge in [0, 0.05) is 19.2 Å². The van der Waals surface area contributed by atoms with Crippen LogP contribution in [0.15, 0.2) is 29.4 Å². The monoisotopic (exact) mass is 473 g/mol. The molecule has 0 aliphatic heterocycles. The van der Waals surface area contributed by atoms with Gasteiger partial charge in [-0.05, 0) is 36.6 Å². The van der Waals surface area contributed by atoms with Gasteiger partial charge in [-0.2, -0.15) is 0 Å². The van der Waals surface area contributed by atoms with E-state index in [9.17, 15) is 9.59 Å². The lowest BCUT2D eigenvalue weighted by atomic mass is 9.95. The number of carbonyl (C=O) groups excluding carboxylic acids is 2. The summed E-state index contributed by atoms with van der Waals surface area (Å²) in [5.74, 6) is 1.89. The number of ether oxygens (including phenoxy) is 2. The van der Waals surface area contributed by atoms with E-state index in [1.165, 1.54) is 37.1 Å². The fourth-order valence-electron chi connectivity index (χ4n) is 3.62. The molecule has 1 heterocycles. The van der Waals surface area contributed by atoms with Gasteiger partial charge in [-0.15, -0.1) is 10.2 Å². The Morgan fingerprint density at radius 2 is 1.91 bits per heavy atom. The molecule has 0 unspecified atom stereocenters. The number of hydrogen-bond donors (Lipinski definition) is 2. The number of aromatic nitrogens is 3. The van der Waals surface area contributed by atoms with E-state index in [0.29, 0.717) is 34.3 Å². The number of nitrogens with zero attached hydrogens (tertiary/aromatic N) is 3. The predicted molar refractivity (Wildman–Crippen MR) is 127 cm³/mol. The zero-order valence-electron chi connectivity index (χ0n) is 19.3. The van der Waals surface area contributed by atoms with E-state index in [-0.39, 0.29) is 18.4 Å². The molecule has 2 N–H and O–H groups in total. The fraction of sp³-hybridized carbons (Fsp3) is 0.478. The van der Waals surface area contributed by atoms with Crippen LogP contribution >= 0.6 is 11.8 Å². The summed E-state index contributed by atoms with van der Waals surface area (Å²) in [6.07, 6.45) is 8.88. The molecule has 178 valence electrons. The van der Waals surface area contributed by atoms with Crippen LogP contribution in [0.1, 0.15) is 43.5 Å². The number of rotatable bonds is 10. The SMILES string of the molecule is COc1ccc(C=CC(=O)NCc2nnc(SCC(=O)NC3CCCCC3)n2C)cc1OC. The molecule has 2 aromatic rings. The summed E-state index contributed by atoms with van der Waals surface area (Å²) in [7, 11) is 4.96. The van der Waals surface area contributed by atoms with Gasteiger partial charge in [0.25, 0.3) is 0 Å². The van der Waals surface area contributed by atoms with Crippen molar-refractivity contribution in [1.29, 1.82) is 0 Å². The minimum absolute atomic E-state index is 0.0186. The van der Waals surface area contributed by atoms with Crippen LogP contribution in [0.3, 0.4) is 0 Å². The second-order valence-corrected chi connectivity index (χ2v) is 8.76. The largest absolute Gasteiger partial charge is 0.493 e. The topological polar surface area (TPSA) is 107 Å². The van der Waals surface area contributed by atoms with Gasteiger partial charge in [-0.3, -0.25) is 9.59 Å². The van der Waals surface area contributed by atoms with Crippen LogP contribution in [0.4, 0.5) is 0 Å². The first-order chi connectivity index (χ1) is 16.0. The normalized spacial score (nSPS) is 14.3. The van der Waals surface area contributed by atoms with Crippen molar-refractivity contribution >= 4 is 29.7 Å². The second-order valence-electron chi connectivity index (χ2n) is 7.81. The number of methoxy groups -OCH3 is 2. The van der Waals surface area contributed by atoms with Crippen LogP contribution < -0.4 is 20.1 Å². The van der Waals surface area contributed by atoms with Gasteiger partial charge in [0.2, 0.25) is 11.8 Å². The van der Waals surface area contributed by atoms with Crippen LogP contribution in [0, 0.1) is 0 Å². The molecular formula is C23H31N5O4S. The highest BCUT2D eigenvalue weighted by Gasteiger charge is 2.17. The highest BCUT2D eigenvalue weighted by molar-refractivity contribution is 7.99. The lowest BCUT2D eigenvalue weighted by Gasteiger charge is -2.22. The number of benzene rings is 1. The zero-order valence-corrected chi connectivity index (χ0v) is 20.1. The first-order valence-corrected chi connectivity index (χ1v) is 12.0. The van der Waals surface area contributed by atoms with Crippen molar-refractivity contribution in [1.82, 2.24) is 25.4 Å². The van der Waals surface area contributed by atoms with Gasteiger partial charge in [-0.1, -0.05) is 37.1 Å². The summed E-state index contributed by atoms with van der Waals surface area (Å²) in [5.41, 5.74) is 0.812. The summed E-state index contributed by atoms with van der Waals surface area (Å²) < 4.78 is 12.3. The Kier molecular flexibility index (Phi) is 9.17. The van der Waals surface area contributed by atoms with E-state index in [1.54, 1.807) is 37.0 Å². The predicted octanol–water partition coefficient (Wildman–Crippen LogP) is 2.70. The molecule has 3 rings (SSSR count). The molecule has 33 heavy (non-hydrogen) atoms. The Morgan fingerprint density at radius 1 is 1.15 bits per heavy atom. The molecule has 0 spiro atoms. The van der Waals surface area contributed by atoms with Crippen molar-refractivity contribution in [3.05, 3.63) is 35.7 Å². The van der Waals surface area contributed by atoms with Crippen LogP contribution in [-0.2, 0) is 23.2 Å². The van der Waals surface area contributed by atoms with Gasteiger partial charge in [0.1, 0.15) is 0 Å². The Balaban J connectivity index is 1.46. The number of amides is 2. The molecule has 1 saturated carbocycles. The molecule has 1 aliphatic rings. The number of nitrogens with one attached hydrogen (secondary N) is 2. The lowest BCUT2D eigenvalue weighted by molar-refractivity contribution is -0.119. The van der Waals surface area contributed by atoms with Crippen LogP contribution in [-0.4, -0.2) is 52.6 Å². The lowest BCUT2D eigenvalue weighted by Crippen LogP contribution is -2.37. The molecule has 0 saturated heterocycles. The maximum atomic E-state index is 12.2. The van der Waals surface area contributed by atoms with Crippen LogP contribution in [0.5, 0.6) is 11.5 Å². The minimum atomic E-state index is -0.256. The van der Waals surface area contributed by atoms with E-state index < -0.39 is 0 Å². The van der Waals surface area contributed by atoms with Gasteiger partial charge < -0.3 is 24.7 Å². The quantitative estimate of drug-likeness (QED) is 0.404. The summed E-state index contributed by atoms with van der Waals surface area (Å²) in [6, 6.07) is 5.70. The molecule has 2 amide bonds. The van der Waals surface area contributed by atoms with Gasteiger partial charge >= 0.3 is 0 Å². The highest BCUT2D eigenvalue weighted by atomic mass is 32.2. The van der Waals surface area contributed by atoms with E-state index >= 15 is 0 Å². The summed E-state index contributed by atoms with van der Waals surface area (Å²) in [6.45, 7) is 0.230. The third kappa shape index (κ3) is 7.24. The highest BCUT2D eigenvalue weighted by Crippen LogP contribution is 2.28. The minimum Gasteiger partial charge on any atom is -0.493 e. The molecular weight excluding hydrogens is 442 g/mol. The molecule has 1 aromatic carbocycles. The van der Waals surface area contributed by atoms with Crippen molar-refractivity contribution in [3.63, 3.8) is 0 Å². The Morgan fingerprint density at radius 3 is 2.64 bits per heavy atom. The maximum Gasteiger partial charge on any atom is 0.244 e. The van der Waals surface area contributed by atoms with E-state index in [4.69, 9.17) is 9.47 Å². The van der Waals surface area contributed by atoms with Crippen molar-refractivity contribution in [3.8, 4) is 11.5 Å². The summed E-state index contributed by atoms with van der Waals surface area (Å²) in [4.78, 5) is 24.4. The van der Waals surface area contributed by atoms with Gasteiger partial charge in [0.15, 0.2) is 22.5 Å². The summed E-state index contributed by atoms with van der Waals surface area (Å²) >= 11 is 1.34. The maximum absolute atomic E-state index is 12.2. The number of hydrogen-bond acceptors (Lipinski definition) is 7. The third-order valence-corrected chi connectivity index (χ3v) is 6.50. The van der Waals surface area contributed by atoms with Crippen LogP contribution in [0.2, 0.25) is 0 Å². The summed E-state index contributed by atoms with van der Waals surface area (Å²) in [5, 5.41) is 14.8. The molecule has 1 aromatic heterocycles. The Bertz CT molecular complexity index is 985. The molecule has 1 aliphatic carbocycles. The first-order valence-electron chi connectivity index (χ1n) is 11.0. The van der Waals surface area contributed by atoms with E-state index in [2.05, 4.69) is 20.8 Å². The number of thioether (sulfide) groups is 1. The average molecular weight is 474 g/mol. The molecule has 0 atom stereocenters. The molecule has 0 bridgehead atoms. The molecule has 1 fully saturated rings. The van der Waals surface area contributed by atoms with Gasteiger partial charge in [0.05, 0.1) is 26.5 Å². The smallest absolute Gasteiger partial charge is 0.244 e. The second kappa shape index (κ2) is 12.3. The first kappa shape index (κ1) is 24.6. The standard InChI is InChI=1S/C23H31N5O4S/c1-28-20(26-27-23(28)33-15-22(30)25-17-7-5-4-6-8-17)14-24-21(29)12-10-16-9-11-18(31-2)19(13-16)32-3/h9-13,17H,4-8,14-15H2,1-3H3,(H,24,29)(H,25,30). The third-order valence-electron chi connectivity index (χ3n) is 5.48. The molecule has 9 nitrogen and oxygen atoms in total. The van der Waals surface area contributed by atoms with Crippen molar-refractivity contribution in [2.45, 2.75) is 49.8 Å². The van der Waals surface area contributed by atoms with Crippen molar-refractivity contribution in [2.24, 2.45) is 7.05 Å². The zero-order chi connectivity index (χ0) is 23.6. The molecule has 0 radical (unpaired) electrons. The van der Waals surface area contributed by atoms with Gasteiger partial charge in [-0.25, -0.2) is 0 Å². The molecule has 10 heteroatoms. The van der Waals surface area contributed by atoms with Crippen LogP contribution in [0.25, 0.3) is 6.08 Å².